The number of rotatable bonds is 23. The van der Waals surface area contributed by atoms with E-state index in [1.54, 1.807) is 0 Å². The molecule has 1 unspecified atom stereocenters. The molecule has 0 saturated carbocycles. The predicted octanol–water partition coefficient (Wildman–Crippen LogP) is 2.39. The Hall–Kier alpha value is -3.67. The molecule has 12 heteroatoms. The molecule has 2 amide bonds. The van der Waals surface area contributed by atoms with E-state index in [4.69, 9.17) is 16.2 Å². The largest absolute Gasteiger partial charge is 0.480 e. The molecule has 0 fully saturated rings. The molecule has 8 N–H and O–H groups in total. The smallest absolute Gasteiger partial charge is 0.328 e. The highest BCUT2D eigenvalue weighted by molar-refractivity contribution is 5.92. The lowest BCUT2D eigenvalue weighted by Crippen LogP contribution is -2.57. The molecule has 0 radical (unpaired) electrons. The summed E-state index contributed by atoms with van der Waals surface area (Å²) in [5.74, 6) is -2.72. The highest BCUT2D eigenvalue weighted by Crippen LogP contribution is 2.12. The first-order valence-electron chi connectivity index (χ1n) is 15.4. The zero-order valence-corrected chi connectivity index (χ0v) is 26.0. The SMILES string of the molecule is CCCCCCC(N[C@@H](CCc1ccccc1)C(=O)N[C@@H](CCCN=C(N)N)C(=O)N[C@@H](CCCC)C(=O)OC)C(=O)O. The second kappa shape index (κ2) is 21.9. The van der Waals surface area contributed by atoms with Gasteiger partial charge in [0.15, 0.2) is 5.96 Å². The van der Waals surface area contributed by atoms with Gasteiger partial charge >= 0.3 is 11.9 Å². The number of guanidine groups is 1. The van der Waals surface area contributed by atoms with Gasteiger partial charge in [-0.2, -0.15) is 0 Å². The Balaban J connectivity index is 3.17. The molecular weight excluding hydrogens is 552 g/mol. The third-order valence-corrected chi connectivity index (χ3v) is 7.15. The Morgan fingerprint density at radius 3 is 2.00 bits per heavy atom. The molecule has 12 nitrogen and oxygen atoms in total. The van der Waals surface area contributed by atoms with Crippen LogP contribution in [0.4, 0.5) is 0 Å². The Morgan fingerprint density at radius 2 is 1.40 bits per heavy atom. The summed E-state index contributed by atoms with van der Waals surface area (Å²) in [6, 6.07) is 5.92. The molecule has 0 aliphatic rings. The lowest BCUT2D eigenvalue weighted by molar-refractivity contribution is -0.145. The Kier molecular flexibility index (Phi) is 19.1. The molecule has 1 rings (SSSR count). The quantitative estimate of drug-likeness (QED) is 0.0470. The van der Waals surface area contributed by atoms with Crippen LogP contribution in [0, 0.1) is 0 Å². The second-order valence-electron chi connectivity index (χ2n) is 10.7. The van der Waals surface area contributed by atoms with Gasteiger partial charge in [-0.05, 0) is 44.1 Å². The third kappa shape index (κ3) is 15.9. The van der Waals surface area contributed by atoms with E-state index in [-0.39, 0.29) is 18.9 Å². The number of esters is 1. The van der Waals surface area contributed by atoms with E-state index in [1.165, 1.54) is 7.11 Å². The van der Waals surface area contributed by atoms with Crippen molar-refractivity contribution in [2.45, 2.75) is 115 Å². The molecule has 1 aromatic rings. The number of amides is 2. The standard InChI is InChI=1S/C31H52N6O6/c1-4-6-8-12-17-25(29(40)41)35-24(20-19-22-14-10-9-11-15-22)28(39)36-23(18-13-21-34-31(32)33)27(38)37-26(16-7-5-2)30(42)43-3/h9-11,14-15,23-26,35H,4-8,12-13,16-21H2,1-3H3,(H,36,39)(H,37,38)(H,40,41)(H4,32,33,34)/t23-,24-,25?,26-/m0/s1. The molecule has 0 aliphatic carbocycles. The first-order valence-corrected chi connectivity index (χ1v) is 15.4. The van der Waals surface area contributed by atoms with Gasteiger partial charge < -0.3 is 31.9 Å². The first kappa shape index (κ1) is 37.4. The van der Waals surface area contributed by atoms with Gasteiger partial charge in [0, 0.05) is 6.54 Å². The van der Waals surface area contributed by atoms with Crippen molar-refractivity contribution in [3.63, 3.8) is 0 Å². The maximum atomic E-state index is 13.7. The van der Waals surface area contributed by atoms with Crippen LogP contribution < -0.4 is 27.4 Å². The van der Waals surface area contributed by atoms with E-state index in [9.17, 15) is 24.3 Å². The third-order valence-electron chi connectivity index (χ3n) is 7.15. The minimum Gasteiger partial charge on any atom is -0.480 e. The number of nitrogens with zero attached hydrogens (tertiary/aromatic N) is 1. The van der Waals surface area contributed by atoms with Crippen molar-refractivity contribution < 1.29 is 29.0 Å². The minimum absolute atomic E-state index is 0.0841. The number of carbonyl (C=O) groups is 4. The van der Waals surface area contributed by atoms with Crippen molar-refractivity contribution in [1.29, 1.82) is 0 Å². The van der Waals surface area contributed by atoms with Gasteiger partial charge in [0.2, 0.25) is 11.8 Å². The number of nitrogens with one attached hydrogen (secondary N) is 3. The van der Waals surface area contributed by atoms with Crippen LogP contribution in [0.5, 0.6) is 0 Å². The van der Waals surface area contributed by atoms with Gasteiger partial charge in [0.25, 0.3) is 0 Å². The Morgan fingerprint density at radius 1 is 0.791 bits per heavy atom. The summed E-state index contributed by atoms with van der Waals surface area (Å²) in [6.07, 6.45) is 7.35. The average Bonchev–Trinajstić information content (AvgIpc) is 2.99. The molecular formula is C31H52N6O6. The van der Waals surface area contributed by atoms with E-state index in [0.29, 0.717) is 44.9 Å². The molecule has 0 spiro atoms. The summed E-state index contributed by atoms with van der Waals surface area (Å²) in [5, 5.41) is 18.5. The van der Waals surface area contributed by atoms with Crippen LogP contribution >= 0.6 is 0 Å². The fourth-order valence-electron chi connectivity index (χ4n) is 4.66. The van der Waals surface area contributed by atoms with E-state index >= 15 is 0 Å². The predicted molar refractivity (Wildman–Crippen MR) is 167 cm³/mol. The lowest BCUT2D eigenvalue weighted by Gasteiger charge is -2.27. The van der Waals surface area contributed by atoms with Gasteiger partial charge in [0.1, 0.15) is 18.1 Å². The number of aliphatic imine (C=N–C) groups is 1. The number of carbonyl (C=O) groups excluding carboxylic acids is 3. The zero-order valence-electron chi connectivity index (χ0n) is 26.0. The van der Waals surface area contributed by atoms with Gasteiger partial charge in [-0.25, -0.2) is 4.79 Å². The number of benzene rings is 1. The summed E-state index contributed by atoms with van der Waals surface area (Å²) in [4.78, 5) is 55.5. The lowest BCUT2D eigenvalue weighted by atomic mass is 10.0. The van der Waals surface area contributed by atoms with Crippen molar-refractivity contribution in [2.24, 2.45) is 16.5 Å². The molecule has 0 aromatic heterocycles. The normalized spacial score (nSPS) is 13.7. The highest BCUT2D eigenvalue weighted by atomic mass is 16.5. The van der Waals surface area contributed by atoms with Crippen LogP contribution in [-0.2, 0) is 30.3 Å². The van der Waals surface area contributed by atoms with Crippen LogP contribution in [0.15, 0.2) is 35.3 Å². The van der Waals surface area contributed by atoms with Crippen LogP contribution in [-0.4, -0.2) is 72.6 Å². The summed E-state index contributed by atoms with van der Waals surface area (Å²) >= 11 is 0. The van der Waals surface area contributed by atoms with Crippen LogP contribution in [0.2, 0.25) is 0 Å². The highest BCUT2D eigenvalue weighted by Gasteiger charge is 2.31. The van der Waals surface area contributed by atoms with Gasteiger partial charge in [-0.1, -0.05) is 82.7 Å². The van der Waals surface area contributed by atoms with Gasteiger partial charge in [-0.3, -0.25) is 24.7 Å². The number of ether oxygens (including phenoxy) is 1. The van der Waals surface area contributed by atoms with Crippen LogP contribution in [0.3, 0.4) is 0 Å². The average molecular weight is 605 g/mol. The summed E-state index contributed by atoms with van der Waals surface area (Å²) in [5.41, 5.74) is 11.9. The van der Waals surface area contributed by atoms with Crippen molar-refractivity contribution >= 4 is 29.7 Å². The van der Waals surface area contributed by atoms with Crippen LogP contribution in [0.25, 0.3) is 0 Å². The van der Waals surface area contributed by atoms with Crippen molar-refractivity contribution in [2.75, 3.05) is 13.7 Å². The Bertz CT molecular complexity index is 1000. The van der Waals surface area contributed by atoms with E-state index in [2.05, 4.69) is 27.9 Å². The number of carboxylic acids is 1. The fraction of sp³-hybridized carbons (Fsp3) is 0.645. The molecule has 1 aromatic carbocycles. The zero-order chi connectivity index (χ0) is 32.0. The van der Waals surface area contributed by atoms with E-state index in [1.807, 2.05) is 37.3 Å². The topological polar surface area (TPSA) is 198 Å². The minimum atomic E-state index is -1.03. The molecule has 242 valence electrons. The number of nitrogens with two attached hydrogens (primary N) is 2. The fourth-order valence-corrected chi connectivity index (χ4v) is 4.66. The van der Waals surface area contributed by atoms with Crippen molar-refractivity contribution in [3.8, 4) is 0 Å². The first-order chi connectivity index (χ1) is 20.6. The second-order valence-corrected chi connectivity index (χ2v) is 10.7. The number of aryl methyl sites for hydroxylation is 1. The Labute approximate surface area is 255 Å². The number of unbranched alkanes of at least 4 members (excludes halogenated alkanes) is 4. The number of carboxylic acid groups (broad SMARTS) is 1. The monoisotopic (exact) mass is 604 g/mol. The summed E-state index contributed by atoms with van der Waals surface area (Å²) < 4.78 is 4.87. The van der Waals surface area contributed by atoms with Crippen molar-refractivity contribution in [1.82, 2.24) is 16.0 Å². The number of hydrogen-bond acceptors (Lipinski definition) is 7. The van der Waals surface area contributed by atoms with Crippen molar-refractivity contribution in [3.05, 3.63) is 35.9 Å². The maximum absolute atomic E-state index is 13.7. The van der Waals surface area contributed by atoms with Gasteiger partial charge in [-0.15, -0.1) is 0 Å². The van der Waals surface area contributed by atoms with E-state index < -0.39 is 47.9 Å². The number of methoxy groups -OCH3 is 1. The number of hydrogen-bond donors (Lipinski definition) is 6. The maximum Gasteiger partial charge on any atom is 0.328 e. The molecule has 43 heavy (non-hydrogen) atoms. The molecule has 0 heterocycles. The molecule has 0 bridgehead atoms. The molecule has 4 atom stereocenters. The molecule has 0 saturated heterocycles. The summed E-state index contributed by atoms with van der Waals surface area (Å²) in [6.45, 7) is 4.30. The summed E-state index contributed by atoms with van der Waals surface area (Å²) in [7, 11) is 1.26. The molecule has 0 aliphatic heterocycles. The van der Waals surface area contributed by atoms with E-state index in [0.717, 1.165) is 31.2 Å². The number of aliphatic carboxylic acids is 1. The van der Waals surface area contributed by atoms with Gasteiger partial charge in [0.05, 0.1) is 13.2 Å². The van der Waals surface area contributed by atoms with Crippen LogP contribution in [0.1, 0.15) is 90.0 Å².